The Bertz CT molecular complexity index is 594. The summed E-state index contributed by atoms with van der Waals surface area (Å²) in [4.78, 5) is 11.7. The van der Waals surface area contributed by atoms with Crippen molar-refractivity contribution in [3.05, 3.63) is 6.20 Å². The van der Waals surface area contributed by atoms with Crippen molar-refractivity contribution >= 4 is 21.7 Å². The number of nitrogens with two attached hydrogens (primary N) is 1. The molecular formula is C10H17N5O3S. The molecule has 9 heteroatoms. The van der Waals surface area contributed by atoms with E-state index in [2.05, 4.69) is 10.4 Å². The molecule has 106 valence electrons. The predicted octanol–water partition coefficient (Wildman–Crippen LogP) is -1.10. The molecular weight excluding hydrogens is 270 g/mol. The lowest BCUT2D eigenvalue weighted by Crippen LogP contribution is -2.44. The van der Waals surface area contributed by atoms with Crippen molar-refractivity contribution in [1.82, 2.24) is 19.4 Å². The number of hydrogen-bond donors (Lipinski definition) is 2. The van der Waals surface area contributed by atoms with Gasteiger partial charge in [0.05, 0.1) is 0 Å². The third kappa shape index (κ3) is 2.30. The van der Waals surface area contributed by atoms with Crippen LogP contribution in [0, 0.1) is 0 Å². The maximum absolute atomic E-state index is 12.5. The summed E-state index contributed by atoms with van der Waals surface area (Å²) in [6.45, 7) is 0.314. The molecule has 1 saturated heterocycles. The number of nitrogens with one attached hydrogen (secondary N) is 1. The fourth-order valence-corrected chi connectivity index (χ4v) is 4.01. The largest absolute Gasteiger partial charge is 0.381 e. The topological polar surface area (TPSA) is 110 Å². The molecule has 0 aliphatic carbocycles. The first-order chi connectivity index (χ1) is 8.87. The second-order valence-electron chi connectivity index (χ2n) is 4.44. The summed E-state index contributed by atoms with van der Waals surface area (Å²) in [6, 6.07) is -0.672. The Morgan fingerprint density at radius 1 is 1.58 bits per heavy atom. The third-order valence-electron chi connectivity index (χ3n) is 3.16. The summed E-state index contributed by atoms with van der Waals surface area (Å²) in [5, 5.41) is 6.31. The number of aryl methyl sites for hydroxylation is 1. The van der Waals surface area contributed by atoms with Gasteiger partial charge in [-0.15, -0.1) is 0 Å². The van der Waals surface area contributed by atoms with E-state index in [1.807, 2.05) is 0 Å². The van der Waals surface area contributed by atoms with Gasteiger partial charge in [0.25, 0.3) is 0 Å². The normalized spacial score (nSPS) is 20.6. The van der Waals surface area contributed by atoms with Crippen molar-refractivity contribution in [2.45, 2.75) is 23.8 Å². The van der Waals surface area contributed by atoms with Gasteiger partial charge in [0.2, 0.25) is 15.9 Å². The Balaban J connectivity index is 2.39. The fraction of sp³-hybridized carbons (Fsp3) is 0.600. The molecule has 0 saturated carbocycles. The number of sulfonamides is 1. The van der Waals surface area contributed by atoms with Crippen LogP contribution in [0.1, 0.15) is 12.8 Å². The van der Waals surface area contributed by atoms with Gasteiger partial charge in [0.15, 0.2) is 5.82 Å². The van der Waals surface area contributed by atoms with Gasteiger partial charge in [-0.1, -0.05) is 0 Å². The smallest absolute Gasteiger partial charge is 0.249 e. The van der Waals surface area contributed by atoms with Gasteiger partial charge in [-0.05, 0) is 12.8 Å². The molecule has 1 aromatic heterocycles. The summed E-state index contributed by atoms with van der Waals surface area (Å²) in [5.41, 5.74) is 5.61. The van der Waals surface area contributed by atoms with Crippen LogP contribution in [-0.2, 0) is 21.9 Å². The number of amides is 1. The summed E-state index contributed by atoms with van der Waals surface area (Å²) >= 11 is 0. The van der Waals surface area contributed by atoms with E-state index in [0.29, 0.717) is 19.4 Å². The van der Waals surface area contributed by atoms with Crippen LogP contribution in [0.2, 0.25) is 0 Å². The lowest BCUT2D eigenvalue weighted by atomic mass is 10.2. The van der Waals surface area contributed by atoms with Crippen LogP contribution in [0.3, 0.4) is 0 Å². The Hall–Kier alpha value is -1.61. The lowest BCUT2D eigenvalue weighted by Gasteiger charge is -2.22. The molecule has 0 spiro atoms. The van der Waals surface area contributed by atoms with Crippen LogP contribution < -0.4 is 11.1 Å². The molecule has 0 bridgehead atoms. The number of hydrogen-bond acceptors (Lipinski definition) is 5. The number of nitrogens with zero attached hydrogens (tertiary/aromatic N) is 3. The maximum atomic E-state index is 12.5. The van der Waals surface area contributed by atoms with E-state index in [1.165, 1.54) is 22.2 Å². The van der Waals surface area contributed by atoms with E-state index in [0.717, 1.165) is 0 Å². The van der Waals surface area contributed by atoms with Gasteiger partial charge in [-0.25, -0.2) is 8.42 Å². The number of rotatable bonds is 3. The van der Waals surface area contributed by atoms with Gasteiger partial charge in [-0.2, -0.15) is 9.40 Å². The second-order valence-corrected chi connectivity index (χ2v) is 6.30. The van der Waals surface area contributed by atoms with Gasteiger partial charge < -0.3 is 11.1 Å². The molecule has 1 aromatic rings. The molecule has 19 heavy (non-hydrogen) atoms. The van der Waals surface area contributed by atoms with E-state index >= 15 is 0 Å². The third-order valence-corrected chi connectivity index (χ3v) is 5.09. The highest BCUT2D eigenvalue weighted by molar-refractivity contribution is 7.89. The monoisotopic (exact) mass is 287 g/mol. The Morgan fingerprint density at radius 2 is 2.26 bits per heavy atom. The summed E-state index contributed by atoms with van der Waals surface area (Å²) in [6.07, 6.45) is 2.51. The molecule has 3 N–H and O–H groups in total. The zero-order valence-electron chi connectivity index (χ0n) is 10.8. The van der Waals surface area contributed by atoms with Crippen molar-refractivity contribution in [2.24, 2.45) is 7.05 Å². The first kappa shape index (κ1) is 13.8. The van der Waals surface area contributed by atoms with Crippen LogP contribution >= 0.6 is 0 Å². The SMILES string of the molecule is CNC(=O)C1CCCN1S(=O)(=O)c1cn(C)nc1N. The highest BCUT2D eigenvalue weighted by Crippen LogP contribution is 2.28. The first-order valence-electron chi connectivity index (χ1n) is 5.90. The molecule has 1 aliphatic rings. The van der Waals surface area contributed by atoms with Gasteiger partial charge >= 0.3 is 0 Å². The Morgan fingerprint density at radius 3 is 2.79 bits per heavy atom. The van der Waals surface area contributed by atoms with Gasteiger partial charge in [0, 0.05) is 26.8 Å². The number of aromatic nitrogens is 2. The average Bonchev–Trinajstić information content (AvgIpc) is 2.95. The standard InChI is InChI=1S/C10H17N5O3S/c1-12-10(16)7-4-3-5-15(7)19(17,18)8-6-14(2)13-9(8)11/h6-7H,3-5H2,1-2H3,(H2,11,13)(H,12,16). The molecule has 0 radical (unpaired) electrons. The van der Waals surface area contributed by atoms with Crippen molar-refractivity contribution in [1.29, 1.82) is 0 Å². The lowest BCUT2D eigenvalue weighted by molar-refractivity contribution is -0.123. The number of carbonyl (C=O) groups excluding carboxylic acids is 1. The minimum atomic E-state index is -3.79. The van der Waals surface area contributed by atoms with E-state index in [4.69, 9.17) is 5.73 Å². The van der Waals surface area contributed by atoms with Crippen molar-refractivity contribution in [3.63, 3.8) is 0 Å². The first-order valence-corrected chi connectivity index (χ1v) is 7.34. The molecule has 2 heterocycles. The van der Waals surface area contributed by atoms with Crippen molar-refractivity contribution in [2.75, 3.05) is 19.3 Å². The molecule has 1 atom stereocenters. The number of likely N-dealkylation sites (N-methyl/N-ethyl adjacent to an activating group) is 1. The van der Waals surface area contributed by atoms with Crippen LogP contribution in [0.4, 0.5) is 5.82 Å². The second kappa shape index (κ2) is 4.82. The number of nitrogen functional groups attached to an aromatic ring is 1. The van der Waals surface area contributed by atoms with Crippen LogP contribution in [-0.4, -0.2) is 48.0 Å². The molecule has 0 aromatic carbocycles. The van der Waals surface area contributed by atoms with Crippen LogP contribution in [0.5, 0.6) is 0 Å². The zero-order chi connectivity index (χ0) is 14.2. The Labute approximate surface area is 111 Å². The van der Waals surface area contributed by atoms with E-state index in [1.54, 1.807) is 7.05 Å². The molecule has 1 unspecified atom stereocenters. The number of anilines is 1. The van der Waals surface area contributed by atoms with Crippen molar-refractivity contribution in [3.8, 4) is 0 Å². The fourth-order valence-electron chi connectivity index (χ4n) is 2.27. The molecule has 2 rings (SSSR count). The minimum absolute atomic E-state index is 0.0502. The zero-order valence-corrected chi connectivity index (χ0v) is 11.6. The quantitative estimate of drug-likeness (QED) is 0.733. The highest BCUT2D eigenvalue weighted by atomic mass is 32.2. The van der Waals surface area contributed by atoms with E-state index in [-0.39, 0.29) is 16.6 Å². The molecule has 1 aliphatic heterocycles. The summed E-state index contributed by atoms with van der Waals surface area (Å²) in [5.74, 6) is -0.353. The number of carbonyl (C=O) groups is 1. The average molecular weight is 287 g/mol. The van der Waals surface area contributed by atoms with E-state index in [9.17, 15) is 13.2 Å². The minimum Gasteiger partial charge on any atom is -0.381 e. The molecule has 1 fully saturated rings. The van der Waals surface area contributed by atoms with Gasteiger partial charge in [-0.3, -0.25) is 9.48 Å². The highest BCUT2D eigenvalue weighted by Gasteiger charge is 2.40. The van der Waals surface area contributed by atoms with Crippen LogP contribution in [0.15, 0.2) is 11.1 Å². The van der Waals surface area contributed by atoms with E-state index < -0.39 is 16.1 Å². The molecule has 8 nitrogen and oxygen atoms in total. The summed E-state index contributed by atoms with van der Waals surface area (Å²) < 4.78 is 27.6. The Kier molecular flexibility index (Phi) is 3.50. The van der Waals surface area contributed by atoms with Crippen LogP contribution in [0.25, 0.3) is 0 Å². The maximum Gasteiger partial charge on any atom is 0.249 e. The van der Waals surface area contributed by atoms with Crippen molar-refractivity contribution < 1.29 is 13.2 Å². The molecule has 1 amide bonds. The summed E-state index contributed by atoms with van der Waals surface area (Å²) in [7, 11) is -0.706. The predicted molar refractivity (Wildman–Crippen MR) is 68.6 cm³/mol. The van der Waals surface area contributed by atoms with Gasteiger partial charge in [0.1, 0.15) is 10.9 Å².